The van der Waals surface area contributed by atoms with Crippen LogP contribution < -0.4 is 10.6 Å². The molecule has 2 aromatic heterocycles. The van der Waals surface area contributed by atoms with E-state index in [2.05, 4.69) is 30.6 Å². The Balaban J connectivity index is 0.000000158. The van der Waals surface area contributed by atoms with E-state index in [-0.39, 0.29) is 29.2 Å². The van der Waals surface area contributed by atoms with Gasteiger partial charge in [-0.2, -0.15) is 9.97 Å². The molecule has 0 aliphatic carbocycles. The predicted octanol–water partition coefficient (Wildman–Crippen LogP) is 2.64. The molecule has 0 spiro atoms. The Bertz CT molecular complexity index is 1320. The molecule has 11 nitrogen and oxygen atoms in total. The van der Waals surface area contributed by atoms with Gasteiger partial charge in [-0.3, -0.25) is 13.8 Å². The van der Waals surface area contributed by atoms with Crippen LogP contribution in [0.5, 0.6) is 0 Å². The number of amides is 2. The molecule has 4 aliphatic heterocycles. The summed E-state index contributed by atoms with van der Waals surface area (Å²) in [6, 6.07) is 0.337. The zero-order valence-electron chi connectivity index (χ0n) is 21.7. The number of fused-ring (bicyclic) bond motifs is 2. The Morgan fingerprint density at radius 1 is 0.821 bits per heavy atom. The van der Waals surface area contributed by atoms with Gasteiger partial charge in [0.25, 0.3) is 0 Å². The van der Waals surface area contributed by atoms with Gasteiger partial charge in [-0.05, 0) is 36.0 Å². The van der Waals surface area contributed by atoms with Gasteiger partial charge >= 0.3 is 0 Å². The fraction of sp³-hybridized carbons (Fsp3) is 0.583. The quantitative estimate of drug-likeness (QED) is 0.496. The normalized spacial score (nSPS) is 24.2. The number of likely N-dealkylation sites (N-methyl/N-ethyl adjacent to an activating group) is 2. The van der Waals surface area contributed by atoms with Crippen molar-refractivity contribution in [3.8, 4) is 0 Å². The molecule has 0 bridgehead atoms. The largest absolute Gasteiger partial charge is 0.364 e. The number of aromatic nitrogens is 4. The summed E-state index contributed by atoms with van der Waals surface area (Å²) in [5, 5.41) is 7.17. The van der Waals surface area contributed by atoms with E-state index in [4.69, 9.17) is 23.2 Å². The van der Waals surface area contributed by atoms with E-state index >= 15 is 0 Å². The van der Waals surface area contributed by atoms with E-state index in [0.717, 1.165) is 47.1 Å². The number of thioether (sulfide) groups is 1. The van der Waals surface area contributed by atoms with Crippen LogP contribution in [0.1, 0.15) is 37.1 Å². The van der Waals surface area contributed by atoms with Crippen LogP contribution in [0.3, 0.4) is 0 Å². The number of carbonyl (C=O) groups is 2. The number of carbonyl (C=O) groups excluding carboxylic acids is 2. The summed E-state index contributed by atoms with van der Waals surface area (Å²) in [6.45, 7) is 1.32. The predicted molar refractivity (Wildman–Crippen MR) is 152 cm³/mol. The fourth-order valence-corrected chi connectivity index (χ4v) is 7.79. The van der Waals surface area contributed by atoms with Crippen LogP contribution in [0.2, 0.25) is 10.6 Å². The zero-order chi connectivity index (χ0) is 27.7. The highest BCUT2D eigenvalue weighted by atomic mass is 35.5. The molecule has 6 rings (SSSR count). The first kappa shape index (κ1) is 28.3. The number of halogens is 2. The lowest BCUT2D eigenvalue weighted by Gasteiger charge is -2.30. The molecule has 2 N–H and O–H groups in total. The molecular formula is C24H30Cl2N8O3S2. The fourth-order valence-electron chi connectivity index (χ4n) is 5.05. The van der Waals surface area contributed by atoms with Crippen molar-refractivity contribution in [1.29, 1.82) is 0 Å². The van der Waals surface area contributed by atoms with Gasteiger partial charge in [0.15, 0.2) is 0 Å². The Morgan fingerprint density at radius 3 is 2.00 bits per heavy atom. The van der Waals surface area contributed by atoms with Crippen molar-refractivity contribution >= 4 is 69.2 Å². The molecule has 2 saturated heterocycles. The van der Waals surface area contributed by atoms with Crippen LogP contribution in [-0.4, -0.2) is 96.5 Å². The Kier molecular flexibility index (Phi) is 8.79. The lowest BCUT2D eigenvalue weighted by molar-refractivity contribution is -0.132. The number of aryl methyl sites for hydroxylation is 2. The molecule has 15 heteroatoms. The molecule has 39 heavy (non-hydrogen) atoms. The van der Waals surface area contributed by atoms with E-state index in [0.29, 0.717) is 54.1 Å². The summed E-state index contributed by atoms with van der Waals surface area (Å²) in [7, 11) is 2.55. The Morgan fingerprint density at radius 2 is 1.38 bits per heavy atom. The SMILES string of the molecule is CN1C[C@H](Nc2nc(Cl)nc3c2S(=O)CC3)CCC1=O.CN1C[C@H](Nc2nc(Cl)nc3c2SCC3)CCC1=O. The summed E-state index contributed by atoms with van der Waals surface area (Å²) in [4.78, 5) is 45.1. The van der Waals surface area contributed by atoms with Crippen LogP contribution in [0.25, 0.3) is 0 Å². The number of hydrogen-bond acceptors (Lipinski definition) is 10. The van der Waals surface area contributed by atoms with E-state index in [1.165, 1.54) is 0 Å². The molecule has 2 fully saturated rings. The number of likely N-dealkylation sites (tertiary alicyclic amines) is 2. The summed E-state index contributed by atoms with van der Waals surface area (Å²) in [6.07, 6.45) is 4.29. The van der Waals surface area contributed by atoms with Crippen molar-refractivity contribution in [3.05, 3.63) is 22.0 Å². The highest BCUT2D eigenvalue weighted by Crippen LogP contribution is 2.36. The monoisotopic (exact) mass is 612 g/mol. The maximum atomic E-state index is 12.0. The molecular weight excluding hydrogens is 583 g/mol. The minimum absolute atomic E-state index is 0.102. The zero-order valence-corrected chi connectivity index (χ0v) is 24.9. The van der Waals surface area contributed by atoms with Crippen LogP contribution in [0.15, 0.2) is 9.79 Å². The minimum atomic E-state index is -1.06. The second kappa shape index (κ2) is 12.1. The first-order valence-corrected chi connectivity index (χ1v) is 15.9. The first-order chi connectivity index (χ1) is 18.7. The highest BCUT2D eigenvalue weighted by molar-refractivity contribution is 7.99. The molecule has 4 aliphatic rings. The average molecular weight is 614 g/mol. The van der Waals surface area contributed by atoms with Crippen molar-refractivity contribution in [3.63, 3.8) is 0 Å². The molecule has 0 saturated carbocycles. The van der Waals surface area contributed by atoms with Crippen molar-refractivity contribution < 1.29 is 13.8 Å². The van der Waals surface area contributed by atoms with E-state index in [1.807, 2.05) is 7.05 Å². The molecule has 6 heterocycles. The summed E-state index contributed by atoms with van der Waals surface area (Å²) in [5.41, 5.74) is 1.80. The third kappa shape index (κ3) is 6.58. The van der Waals surface area contributed by atoms with E-state index < -0.39 is 10.8 Å². The van der Waals surface area contributed by atoms with Crippen molar-refractivity contribution in [2.45, 2.75) is 60.4 Å². The molecule has 2 amide bonds. The molecule has 210 valence electrons. The second-order valence-electron chi connectivity index (χ2n) is 9.94. The van der Waals surface area contributed by atoms with Crippen LogP contribution in [0.4, 0.5) is 11.6 Å². The Hall–Kier alpha value is -2.22. The summed E-state index contributed by atoms with van der Waals surface area (Å²) >= 11 is 13.6. The number of nitrogens with zero attached hydrogens (tertiary/aromatic N) is 6. The van der Waals surface area contributed by atoms with Gasteiger partial charge in [0.05, 0.1) is 27.1 Å². The number of piperidine rings is 2. The van der Waals surface area contributed by atoms with Crippen LogP contribution in [0, 0.1) is 0 Å². The lowest BCUT2D eigenvalue weighted by atomic mass is 10.1. The molecule has 1 unspecified atom stereocenters. The lowest BCUT2D eigenvalue weighted by Crippen LogP contribution is -2.43. The molecule has 3 atom stereocenters. The smallest absolute Gasteiger partial charge is 0.224 e. The molecule has 0 radical (unpaired) electrons. The average Bonchev–Trinajstić information content (AvgIpc) is 3.51. The number of hydrogen-bond donors (Lipinski definition) is 2. The number of nitrogens with one attached hydrogen (secondary N) is 2. The maximum Gasteiger partial charge on any atom is 0.224 e. The van der Waals surface area contributed by atoms with Crippen molar-refractivity contribution in [2.75, 3.05) is 49.3 Å². The van der Waals surface area contributed by atoms with Gasteiger partial charge in [0.2, 0.25) is 22.4 Å². The van der Waals surface area contributed by atoms with Crippen molar-refractivity contribution in [2.24, 2.45) is 0 Å². The van der Waals surface area contributed by atoms with Gasteiger partial charge in [-0.1, -0.05) is 0 Å². The van der Waals surface area contributed by atoms with E-state index in [9.17, 15) is 13.8 Å². The number of rotatable bonds is 4. The maximum absolute atomic E-state index is 12.0. The van der Waals surface area contributed by atoms with Crippen LogP contribution >= 0.6 is 35.0 Å². The molecule has 2 aromatic rings. The van der Waals surface area contributed by atoms with Gasteiger partial charge in [-0.25, -0.2) is 9.97 Å². The highest BCUT2D eigenvalue weighted by Gasteiger charge is 2.29. The van der Waals surface area contributed by atoms with Gasteiger partial charge in [-0.15, -0.1) is 11.8 Å². The van der Waals surface area contributed by atoms with Crippen molar-refractivity contribution in [1.82, 2.24) is 29.7 Å². The standard InChI is InChI=1S/C12H15ClN4O2S.C12H15ClN4OS/c1-17-6-7(2-3-9(17)18)14-11-10-8(4-5-20(10)19)15-12(13)16-11;1-17-6-7(2-3-9(17)18)14-11-10-8(4-5-19-10)15-12(13)16-11/h7H,2-6H2,1H3,(H,14,15,16);7H,2-6H2,1H3,(H,14,15,16)/t7-,20?;7-/m11/s1. The third-order valence-electron chi connectivity index (χ3n) is 7.09. The van der Waals surface area contributed by atoms with Gasteiger partial charge in [0, 0.05) is 76.5 Å². The van der Waals surface area contributed by atoms with Crippen LogP contribution in [-0.2, 0) is 33.2 Å². The molecule has 0 aromatic carbocycles. The third-order valence-corrected chi connectivity index (χ3v) is 10.0. The summed E-state index contributed by atoms with van der Waals surface area (Å²) in [5.74, 6) is 3.34. The van der Waals surface area contributed by atoms with Gasteiger partial charge < -0.3 is 20.4 Å². The first-order valence-electron chi connectivity index (χ1n) is 12.8. The van der Waals surface area contributed by atoms with E-state index in [1.54, 1.807) is 28.6 Å². The van der Waals surface area contributed by atoms with Gasteiger partial charge in [0.1, 0.15) is 16.5 Å². The minimum Gasteiger partial charge on any atom is -0.364 e. The second-order valence-corrected chi connectivity index (χ2v) is 13.2. The Labute approximate surface area is 243 Å². The number of anilines is 2. The topological polar surface area (TPSA) is 133 Å². The summed E-state index contributed by atoms with van der Waals surface area (Å²) < 4.78 is 12.0.